The van der Waals surface area contributed by atoms with Crippen LogP contribution in [0, 0.1) is 5.92 Å². The highest BCUT2D eigenvalue weighted by molar-refractivity contribution is 5.77. The lowest BCUT2D eigenvalue weighted by Gasteiger charge is -2.35. The van der Waals surface area contributed by atoms with Crippen LogP contribution in [0.15, 0.2) is 30.6 Å². The van der Waals surface area contributed by atoms with Crippen molar-refractivity contribution in [3.05, 3.63) is 30.6 Å². The van der Waals surface area contributed by atoms with Gasteiger partial charge in [0, 0.05) is 38.6 Å². The summed E-state index contributed by atoms with van der Waals surface area (Å²) in [7, 11) is 0. The number of hydrogen-bond donors (Lipinski definition) is 0. The van der Waals surface area contributed by atoms with Crippen molar-refractivity contribution in [1.29, 1.82) is 0 Å². The number of carbonyl (C=O) groups excluding carboxylic acids is 1. The highest BCUT2D eigenvalue weighted by Gasteiger charge is 2.35. The first-order valence-electron chi connectivity index (χ1n) is 9.66. The molecule has 2 bridgehead atoms. The van der Waals surface area contributed by atoms with Gasteiger partial charge in [-0.3, -0.25) is 9.69 Å². The minimum absolute atomic E-state index is 0.299. The van der Waals surface area contributed by atoms with E-state index in [1.807, 2.05) is 24.5 Å². The fourth-order valence-electron chi connectivity index (χ4n) is 4.51. The lowest BCUT2D eigenvalue weighted by Crippen LogP contribution is -2.44. The summed E-state index contributed by atoms with van der Waals surface area (Å²) < 4.78 is 2.10. The fourth-order valence-corrected chi connectivity index (χ4v) is 4.51. The number of hydrogen-bond acceptors (Lipinski definition) is 3. The van der Waals surface area contributed by atoms with Crippen LogP contribution in [0.2, 0.25) is 0 Å². The smallest absolute Gasteiger partial charge is 0.224 e. The number of aromatic nitrogens is 2. The Morgan fingerprint density at radius 1 is 1.16 bits per heavy atom. The van der Waals surface area contributed by atoms with Gasteiger partial charge in [0.05, 0.1) is 17.4 Å². The van der Waals surface area contributed by atoms with Gasteiger partial charge in [-0.25, -0.2) is 4.98 Å². The molecule has 0 spiro atoms. The van der Waals surface area contributed by atoms with Gasteiger partial charge in [-0.1, -0.05) is 19.1 Å². The number of nitrogens with zero attached hydrogens (tertiary/aromatic N) is 4. The predicted octanol–water partition coefficient (Wildman–Crippen LogP) is 2.76. The average Bonchev–Trinajstić information content (AvgIpc) is 2.81. The third kappa shape index (κ3) is 3.43. The first kappa shape index (κ1) is 16.6. The van der Waals surface area contributed by atoms with Gasteiger partial charge < -0.3 is 9.47 Å². The highest BCUT2D eigenvalue weighted by atomic mass is 16.2. The van der Waals surface area contributed by atoms with Crippen molar-refractivity contribution in [1.82, 2.24) is 19.4 Å². The molecule has 134 valence electrons. The third-order valence-electron chi connectivity index (χ3n) is 5.78. The molecule has 3 aliphatic heterocycles. The Balaban J connectivity index is 1.40. The van der Waals surface area contributed by atoms with Crippen LogP contribution in [0.4, 0.5) is 0 Å². The first-order chi connectivity index (χ1) is 12.2. The molecule has 3 aliphatic rings. The fraction of sp³-hybridized carbons (Fsp3) is 0.600. The molecule has 25 heavy (non-hydrogen) atoms. The highest BCUT2D eigenvalue weighted by Crippen LogP contribution is 2.28. The lowest BCUT2D eigenvalue weighted by molar-refractivity contribution is -0.131. The minimum Gasteiger partial charge on any atom is -0.341 e. The van der Waals surface area contributed by atoms with Crippen molar-refractivity contribution >= 4 is 16.9 Å². The zero-order valence-corrected chi connectivity index (χ0v) is 15.1. The second kappa shape index (κ2) is 7.16. The molecule has 2 atom stereocenters. The van der Waals surface area contributed by atoms with Crippen molar-refractivity contribution < 1.29 is 4.79 Å². The van der Waals surface area contributed by atoms with Crippen molar-refractivity contribution in [2.45, 2.75) is 45.2 Å². The van der Waals surface area contributed by atoms with Crippen LogP contribution in [0.25, 0.3) is 11.0 Å². The van der Waals surface area contributed by atoms with Gasteiger partial charge in [0.15, 0.2) is 0 Å². The molecule has 0 unspecified atom stereocenters. The Labute approximate surface area is 149 Å². The Bertz CT molecular complexity index is 740. The molecule has 5 heteroatoms. The number of imidazole rings is 1. The number of benzene rings is 1. The van der Waals surface area contributed by atoms with E-state index in [0.717, 1.165) is 24.1 Å². The Kier molecular flexibility index (Phi) is 4.75. The number of aryl methyl sites for hydroxylation is 1. The molecule has 3 fully saturated rings. The number of para-hydroxylation sites is 2. The van der Waals surface area contributed by atoms with Crippen LogP contribution in [-0.4, -0.2) is 57.5 Å². The molecule has 0 radical (unpaired) electrons. The van der Waals surface area contributed by atoms with Crippen molar-refractivity contribution in [3.63, 3.8) is 0 Å². The Morgan fingerprint density at radius 3 is 2.92 bits per heavy atom. The molecule has 3 saturated heterocycles. The van der Waals surface area contributed by atoms with E-state index in [-0.39, 0.29) is 0 Å². The molecule has 1 aromatic heterocycles. The van der Waals surface area contributed by atoms with Gasteiger partial charge in [0.2, 0.25) is 5.91 Å². The molecule has 4 heterocycles. The van der Waals surface area contributed by atoms with Gasteiger partial charge in [0.1, 0.15) is 0 Å². The molecule has 1 amide bonds. The molecule has 0 saturated carbocycles. The number of rotatable bonds is 5. The van der Waals surface area contributed by atoms with Crippen LogP contribution >= 0.6 is 0 Å². The van der Waals surface area contributed by atoms with Gasteiger partial charge >= 0.3 is 0 Å². The van der Waals surface area contributed by atoms with E-state index in [9.17, 15) is 4.79 Å². The molecule has 0 N–H and O–H groups in total. The summed E-state index contributed by atoms with van der Waals surface area (Å²) in [6.45, 7) is 7.17. The largest absolute Gasteiger partial charge is 0.341 e. The van der Waals surface area contributed by atoms with Crippen LogP contribution in [0.1, 0.15) is 32.6 Å². The predicted molar refractivity (Wildman–Crippen MR) is 99.3 cm³/mol. The zero-order valence-electron chi connectivity index (χ0n) is 15.1. The minimum atomic E-state index is 0.299. The number of piperidine rings is 1. The van der Waals surface area contributed by atoms with E-state index in [1.165, 1.54) is 32.4 Å². The van der Waals surface area contributed by atoms with Crippen LogP contribution in [0.5, 0.6) is 0 Å². The first-order valence-corrected chi connectivity index (χ1v) is 9.66. The van der Waals surface area contributed by atoms with Crippen molar-refractivity contribution in [3.8, 4) is 0 Å². The normalized spacial score (nSPS) is 24.0. The van der Waals surface area contributed by atoms with Gasteiger partial charge in [-0.2, -0.15) is 0 Å². The topological polar surface area (TPSA) is 41.4 Å². The number of carbonyl (C=O) groups is 1. The SMILES string of the molecule is CCCN1C[C@H]2CC[C@@H]1CN(C(=O)CCn1cnc3ccccc31)C2. The maximum Gasteiger partial charge on any atom is 0.224 e. The van der Waals surface area contributed by atoms with E-state index < -0.39 is 0 Å². The molecule has 5 rings (SSSR count). The molecule has 1 aromatic carbocycles. The van der Waals surface area contributed by atoms with Gasteiger partial charge in [-0.15, -0.1) is 0 Å². The zero-order chi connectivity index (χ0) is 17.2. The summed E-state index contributed by atoms with van der Waals surface area (Å²) in [5.74, 6) is 0.955. The van der Waals surface area contributed by atoms with Crippen LogP contribution in [-0.2, 0) is 11.3 Å². The third-order valence-corrected chi connectivity index (χ3v) is 5.78. The summed E-state index contributed by atoms with van der Waals surface area (Å²) in [4.78, 5) is 22.0. The lowest BCUT2D eigenvalue weighted by atomic mass is 9.95. The van der Waals surface area contributed by atoms with E-state index in [4.69, 9.17) is 0 Å². The van der Waals surface area contributed by atoms with Crippen molar-refractivity contribution in [2.24, 2.45) is 5.92 Å². The van der Waals surface area contributed by atoms with E-state index in [1.54, 1.807) is 0 Å². The monoisotopic (exact) mass is 340 g/mol. The summed E-state index contributed by atoms with van der Waals surface area (Å²) in [6.07, 6.45) is 6.15. The Morgan fingerprint density at radius 2 is 2.04 bits per heavy atom. The Hall–Kier alpha value is -1.88. The van der Waals surface area contributed by atoms with Crippen LogP contribution < -0.4 is 0 Å². The summed E-state index contributed by atoms with van der Waals surface area (Å²) >= 11 is 0. The summed E-state index contributed by atoms with van der Waals surface area (Å²) in [5.41, 5.74) is 2.11. The number of amides is 1. The number of fused-ring (bicyclic) bond motifs is 5. The molecule has 0 aliphatic carbocycles. The van der Waals surface area contributed by atoms with E-state index in [0.29, 0.717) is 30.8 Å². The maximum absolute atomic E-state index is 12.8. The van der Waals surface area contributed by atoms with E-state index >= 15 is 0 Å². The standard InChI is InChI=1S/C20H28N4O/c1-2-10-22-12-16-7-8-17(22)14-24(13-16)20(25)9-11-23-15-21-18-5-3-4-6-19(18)23/h3-6,15-17H,2,7-14H2,1H3/t16-,17-/m1/s1. The summed E-state index contributed by atoms with van der Waals surface area (Å²) in [5, 5.41) is 0. The van der Waals surface area contributed by atoms with E-state index in [2.05, 4.69) is 32.3 Å². The second-order valence-corrected chi connectivity index (χ2v) is 7.57. The van der Waals surface area contributed by atoms with Gasteiger partial charge in [0.25, 0.3) is 0 Å². The quantitative estimate of drug-likeness (QED) is 0.840. The second-order valence-electron chi connectivity index (χ2n) is 7.57. The molecular formula is C20H28N4O. The van der Waals surface area contributed by atoms with Crippen LogP contribution in [0.3, 0.4) is 0 Å². The molecule has 5 nitrogen and oxygen atoms in total. The molecular weight excluding hydrogens is 312 g/mol. The van der Waals surface area contributed by atoms with Crippen molar-refractivity contribution in [2.75, 3.05) is 26.2 Å². The average molecular weight is 340 g/mol. The molecule has 2 aromatic rings. The maximum atomic E-state index is 12.8. The van der Waals surface area contributed by atoms with Gasteiger partial charge in [-0.05, 0) is 43.9 Å². The summed E-state index contributed by atoms with van der Waals surface area (Å²) in [6, 6.07) is 8.68.